The molecule has 2 amide bonds. The van der Waals surface area contributed by atoms with Gasteiger partial charge in [-0.15, -0.1) is 0 Å². The predicted molar refractivity (Wildman–Crippen MR) is 183 cm³/mol. The first-order valence-corrected chi connectivity index (χ1v) is 18.8. The van der Waals surface area contributed by atoms with Gasteiger partial charge in [-0.05, 0) is 87.9 Å². The van der Waals surface area contributed by atoms with E-state index in [1.54, 1.807) is 7.11 Å². The van der Waals surface area contributed by atoms with Crippen molar-refractivity contribution in [3.8, 4) is 0 Å². The molecule has 274 valence electrons. The Labute approximate surface area is 289 Å². The van der Waals surface area contributed by atoms with Gasteiger partial charge < -0.3 is 28.7 Å². The van der Waals surface area contributed by atoms with Gasteiger partial charge in [0, 0.05) is 44.5 Å². The lowest BCUT2D eigenvalue weighted by Gasteiger charge is -2.38. The number of carbonyl (C=O) groups excluding carboxylic acids is 4. The normalized spacial score (nSPS) is 30.4. The van der Waals surface area contributed by atoms with E-state index in [0.717, 1.165) is 38.5 Å². The molecule has 0 N–H and O–H groups in total. The summed E-state index contributed by atoms with van der Waals surface area (Å²) in [5, 5.41) is 0. The molecule has 9 atom stereocenters. The van der Waals surface area contributed by atoms with E-state index in [1.807, 2.05) is 6.92 Å². The standard InChI is InChI=1S/C20H33NO4.C18H31NO4/c1-13(2)18-11-15-5-4-6-17(15)21(18)20(23)16(12-19(22)24-3)14-7-9-25-10-8-14;1-11(2)16-9-13-7-6-8-15(13)19(16)18(21)14(12(3)22-4)10-17(20)23-5/h13-18H,4-12H2,1-3H3;11-16H,6-10H2,1-5H3/t15-,16-,17?,18-;12-,13-,14-,15?,16-/m00/s1. The molecular formula is C38H64N2O8. The molecule has 5 fully saturated rings. The molecule has 0 aromatic heterocycles. The van der Waals surface area contributed by atoms with Crippen LogP contribution in [0.4, 0.5) is 0 Å². The van der Waals surface area contributed by atoms with Crippen LogP contribution in [0.3, 0.4) is 0 Å². The molecule has 0 bridgehead atoms. The van der Waals surface area contributed by atoms with Gasteiger partial charge in [-0.25, -0.2) is 0 Å². The number of fused-ring (bicyclic) bond motifs is 2. The molecule has 2 aliphatic carbocycles. The third-order valence-corrected chi connectivity index (χ3v) is 12.4. The Morgan fingerprint density at radius 2 is 1.15 bits per heavy atom. The molecular weight excluding hydrogens is 612 g/mol. The minimum atomic E-state index is -0.465. The maximum absolute atomic E-state index is 13.6. The highest BCUT2D eigenvalue weighted by atomic mass is 16.5. The van der Waals surface area contributed by atoms with Crippen LogP contribution in [0.15, 0.2) is 0 Å². The van der Waals surface area contributed by atoms with Crippen LogP contribution in [-0.2, 0) is 38.1 Å². The highest BCUT2D eigenvalue weighted by Gasteiger charge is 2.50. The summed E-state index contributed by atoms with van der Waals surface area (Å²) in [6.45, 7) is 12.0. The number of methoxy groups -OCH3 is 3. The van der Waals surface area contributed by atoms with E-state index in [-0.39, 0.29) is 60.6 Å². The lowest BCUT2D eigenvalue weighted by molar-refractivity contribution is -0.152. The van der Waals surface area contributed by atoms with Crippen molar-refractivity contribution in [3.63, 3.8) is 0 Å². The number of ether oxygens (including phenoxy) is 4. The molecule has 10 nitrogen and oxygen atoms in total. The summed E-state index contributed by atoms with van der Waals surface area (Å²) in [7, 11) is 4.36. The highest BCUT2D eigenvalue weighted by Crippen LogP contribution is 2.46. The van der Waals surface area contributed by atoms with Gasteiger partial charge in [0.25, 0.3) is 0 Å². The quantitative estimate of drug-likeness (QED) is 0.259. The number of nitrogens with zero attached hydrogens (tertiary/aromatic N) is 2. The number of rotatable bonds is 11. The van der Waals surface area contributed by atoms with Gasteiger partial charge in [-0.1, -0.05) is 40.5 Å². The van der Waals surface area contributed by atoms with E-state index >= 15 is 0 Å². The molecule has 3 heterocycles. The molecule has 3 saturated heterocycles. The van der Waals surface area contributed by atoms with E-state index in [1.165, 1.54) is 39.9 Å². The molecule has 0 radical (unpaired) electrons. The maximum Gasteiger partial charge on any atom is 0.306 e. The van der Waals surface area contributed by atoms with Crippen molar-refractivity contribution in [3.05, 3.63) is 0 Å². The van der Waals surface area contributed by atoms with Gasteiger partial charge in [0.15, 0.2) is 0 Å². The topological polar surface area (TPSA) is 112 Å². The van der Waals surface area contributed by atoms with Gasteiger partial charge in [0.1, 0.15) is 0 Å². The summed E-state index contributed by atoms with van der Waals surface area (Å²) in [5.74, 6) is 1.34. The van der Waals surface area contributed by atoms with Gasteiger partial charge in [-0.2, -0.15) is 0 Å². The Morgan fingerprint density at radius 1 is 0.667 bits per heavy atom. The Bertz CT molecular complexity index is 1090. The molecule has 0 aromatic rings. The predicted octanol–water partition coefficient (Wildman–Crippen LogP) is 5.64. The van der Waals surface area contributed by atoms with E-state index in [4.69, 9.17) is 18.9 Å². The Morgan fingerprint density at radius 3 is 1.60 bits per heavy atom. The van der Waals surface area contributed by atoms with Crippen molar-refractivity contribution in [1.82, 2.24) is 9.80 Å². The minimum absolute atomic E-state index is 0.0675. The number of carbonyl (C=O) groups is 4. The fourth-order valence-electron chi connectivity index (χ4n) is 9.60. The summed E-state index contributed by atoms with van der Waals surface area (Å²) in [6, 6.07) is 1.34. The van der Waals surface area contributed by atoms with E-state index in [9.17, 15) is 19.2 Å². The number of hydrogen-bond donors (Lipinski definition) is 0. The molecule has 5 rings (SSSR count). The van der Waals surface area contributed by atoms with Gasteiger partial charge in [-0.3, -0.25) is 19.2 Å². The van der Waals surface area contributed by atoms with E-state index in [0.29, 0.717) is 55.0 Å². The molecule has 0 spiro atoms. The minimum Gasteiger partial charge on any atom is -0.469 e. The Balaban J connectivity index is 0.000000218. The van der Waals surface area contributed by atoms with Crippen LogP contribution in [0.1, 0.15) is 112 Å². The third kappa shape index (κ3) is 8.74. The molecule has 5 aliphatic rings. The Hall–Kier alpha value is -2.20. The second-order valence-corrected chi connectivity index (χ2v) is 15.8. The fraction of sp³-hybridized carbons (Fsp3) is 0.895. The van der Waals surface area contributed by atoms with Crippen molar-refractivity contribution >= 4 is 23.8 Å². The largest absolute Gasteiger partial charge is 0.469 e. The van der Waals surface area contributed by atoms with Crippen molar-refractivity contribution in [2.75, 3.05) is 34.5 Å². The van der Waals surface area contributed by atoms with Crippen molar-refractivity contribution in [1.29, 1.82) is 0 Å². The second kappa shape index (κ2) is 17.6. The zero-order chi connectivity index (χ0) is 35.1. The average molecular weight is 677 g/mol. The van der Waals surface area contributed by atoms with Crippen LogP contribution < -0.4 is 0 Å². The van der Waals surface area contributed by atoms with Crippen molar-refractivity contribution < 1.29 is 38.1 Å². The molecule has 3 aliphatic heterocycles. The summed E-state index contributed by atoms with van der Waals surface area (Å²) in [4.78, 5) is 55.0. The van der Waals surface area contributed by atoms with Crippen LogP contribution in [0, 0.1) is 41.4 Å². The first kappa shape index (κ1) is 38.6. The van der Waals surface area contributed by atoms with Crippen LogP contribution in [0.5, 0.6) is 0 Å². The van der Waals surface area contributed by atoms with E-state index < -0.39 is 5.92 Å². The average Bonchev–Trinajstić information content (AvgIpc) is 3.87. The summed E-state index contributed by atoms with van der Waals surface area (Å²) in [6.07, 6.45) is 11.1. The van der Waals surface area contributed by atoms with Crippen LogP contribution in [-0.4, -0.2) is 98.4 Å². The van der Waals surface area contributed by atoms with Gasteiger partial charge in [0.2, 0.25) is 11.8 Å². The summed E-state index contributed by atoms with van der Waals surface area (Å²) in [5.41, 5.74) is 0. The number of esters is 2. The highest BCUT2D eigenvalue weighted by molar-refractivity contribution is 5.86. The molecule has 48 heavy (non-hydrogen) atoms. The van der Waals surface area contributed by atoms with Crippen molar-refractivity contribution in [2.24, 2.45) is 41.4 Å². The third-order valence-electron chi connectivity index (χ3n) is 12.4. The smallest absolute Gasteiger partial charge is 0.306 e. The molecule has 2 unspecified atom stereocenters. The summed E-state index contributed by atoms with van der Waals surface area (Å²) < 4.78 is 20.6. The number of hydrogen-bond acceptors (Lipinski definition) is 8. The molecule has 0 aromatic carbocycles. The molecule has 10 heteroatoms. The first-order chi connectivity index (χ1) is 22.9. The zero-order valence-electron chi connectivity index (χ0n) is 31.0. The lowest BCUT2D eigenvalue weighted by Crippen LogP contribution is -2.49. The Kier molecular flexibility index (Phi) is 14.2. The van der Waals surface area contributed by atoms with Gasteiger partial charge in [0.05, 0.1) is 45.0 Å². The molecule has 2 saturated carbocycles. The van der Waals surface area contributed by atoms with Crippen LogP contribution in [0.25, 0.3) is 0 Å². The van der Waals surface area contributed by atoms with Crippen molar-refractivity contribution in [2.45, 2.75) is 142 Å². The van der Waals surface area contributed by atoms with E-state index in [2.05, 4.69) is 37.5 Å². The van der Waals surface area contributed by atoms with Crippen LogP contribution >= 0.6 is 0 Å². The summed E-state index contributed by atoms with van der Waals surface area (Å²) >= 11 is 0. The second-order valence-electron chi connectivity index (χ2n) is 15.8. The number of amides is 2. The SMILES string of the molecule is COC(=O)C[C@H](C(=O)N1C2CCC[C@H]2C[C@H]1C(C)C)C1CCOCC1.COC(=O)C[C@H](C(=O)N1C2CCC[C@H]2C[C@H]1C(C)C)[C@H](C)OC. The monoisotopic (exact) mass is 676 g/mol. The zero-order valence-corrected chi connectivity index (χ0v) is 31.0. The maximum atomic E-state index is 13.6. The first-order valence-electron chi connectivity index (χ1n) is 18.8. The fourth-order valence-corrected chi connectivity index (χ4v) is 9.60. The van der Waals surface area contributed by atoms with Gasteiger partial charge >= 0.3 is 11.9 Å². The number of likely N-dealkylation sites (tertiary alicyclic amines) is 2. The lowest BCUT2D eigenvalue weighted by atomic mass is 9.82. The van der Waals surface area contributed by atoms with Crippen LogP contribution in [0.2, 0.25) is 0 Å².